The summed E-state index contributed by atoms with van der Waals surface area (Å²) < 4.78 is 54.5. The van der Waals surface area contributed by atoms with E-state index in [2.05, 4.69) is 0 Å². The van der Waals surface area contributed by atoms with Gasteiger partial charge in [-0.1, -0.05) is 17.7 Å². The summed E-state index contributed by atoms with van der Waals surface area (Å²) in [5.41, 5.74) is -2.60. The lowest BCUT2D eigenvalue weighted by atomic mass is 9.63. The molecule has 9 rings (SSSR count). The van der Waals surface area contributed by atoms with E-state index in [0.717, 1.165) is 12.0 Å². The predicted octanol–water partition coefficient (Wildman–Crippen LogP) is 1.60. The maximum absolute atomic E-state index is 14.7. The summed E-state index contributed by atoms with van der Waals surface area (Å²) in [6.45, 7) is 8.61. The molecule has 8 aliphatic rings. The van der Waals surface area contributed by atoms with Crippen LogP contribution in [0.1, 0.15) is 39.7 Å². The maximum Gasteiger partial charge on any atom is 0.245 e. The van der Waals surface area contributed by atoms with Gasteiger partial charge in [-0.3, -0.25) is 4.79 Å². The smallest absolute Gasteiger partial charge is 0.245 e. The molecule has 11 atom stereocenters. The van der Waals surface area contributed by atoms with Crippen molar-refractivity contribution in [3.8, 4) is 0 Å². The van der Waals surface area contributed by atoms with E-state index in [4.69, 9.17) is 18.9 Å². The first kappa shape index (κ1) is 23.5. The fourth-order valence-corrected chi connectivity index (χ4v) is 11.5. The highest BCUT2D eigenvalue weighted by molar-refractivity contribution is 7.89. The molecule has 5 aliphatic carbocycles. The van der Waals surface area contributed by atoms with Gasteiger partial charge in [-0.15, -0.1) is 0 Å². The average molecular weight is 532 g/mol. The van der Waals surface area contributed by atoms with E-state index in [1.807, 2.05) is 6.92 Å². The number of ether oxygens (including phenoxy) is 4. The fourth-order valence-electron chi connectivity index (χ4n) is 9.61. The Labute approximate surface area is 216 Å². The Morgan fingerprint density at radius 2 is 1.78 bits per heavy atom. The van der Waals surface area contributed by atoms with Crippen molar-refractivity contribution in [3.05, 3.63) is 29.8 Å². The largest absolute Gasteiger partial charge is 0.388 e. The van der Waals surface area contributed by atoms with Gasteiger partial charge in [0, 0.05) is 17.3 Å². The van der Waals surface area contributed by atoms with E-state index in [-0.39, 0.29) is 47.2 Å². The van der Waals surface area contributed by atoms with Crippen LogP contribution in [0.5, 0.6) is 0 Å². The third kappa shape index (κ3) is 2.41. The summed E-state index contributed by atoms with van der Waals surface area (Å²) in [5.74, 6) is -0.388. The molecular formula is C27H33NO8S. The molecule has 0 aromatic heterocycles. The van der Waals surface area contributed by atoms with Crippen LogP contribution >= 0.6 is 0 Å². The summed E-state index contributed by atoms with van der Waals surface area (Å²) in [5, 5.41) is 12.2. The molecule has 9 nitrogen and oxygen atoms in total. The predicted molar refractivity (Wildman–Crippen MR) is 127 cm³/mol. The first-order valence-electron chi connectivity index (χ1n) is 13.3. The summed E-state index contributed by atoms with van der Waals surface area (Å²) >= 11 is 0. The third-order valence-corrected chi connectivity index (χ3v) is 12.7. The number of hydrogen-bond acceptors (Lipinski definition) is 8. The highest BCUT2D eigenvalue weighted by atomic mass is 32.2. The highest BCUT2D eigenvalue weighted by Gasteiger charge is 2.96. The van der Waals surface area contributed by atoms with Crippen molar-refractivity contribution in [2.24, 2.45) is 29.1 Å². The zero-order valence-corrected chi connectivity index (χ0v) is 22.4. The Balaban J connectivity index is 1.25. The normalized spacial score (nSPS) is 50.5. The topological polar surface area (TPSA) is 112 Å². The van der Waals surface area contributed by atoms with Gasteiger partial charge in [-0.25, -0.2) is 8.42 Å². The molecule has 1 spiro atoms. The lowest BCUT2D eigenvalue weighted by molar-refractivity contribution is -0.207. The molecule has 5 saturated carbocycles. The number of carbonyl (C=O) groups excluding carboxylic acids is 1. The standard InChI is InChI=1S/C27H33NO8S/c1-12-6-8-13(9-7-12)37(31,32)28-16(11-33-24(28,2)3)21(29)27-22(35-25(4,5)36-27)20-17-14-10-15-18(19(14)34-20)26(15,17)23(27)30/h6-9,14-22,29H,10-11H2,1-5H3/t14-,15-,16-,17+,18-,19+,20-,21?,22+,26-,27+/m1/s1. The first-order valence-corrected chi connectivity index (χ1v) is 14.7. The average Bonchev–Trinajstić information content (AvgIpc) is 3.40. The molecule has 3 saturated heterocycles. The summed E-state index contributed by atoms with van der Waals surface area (Å²) in [6, 6.07) is 5.53. The van der Waals surface area contributed by atoms with E-state index in [1.54, 1.807) is 52.0 Å². The van der Waals surface area contributed by atoms with Gasteiger partial charge in [-0.2, -0.15) is 4.31 Å². The second-order valence-electron chi connectivity index (χ2n) is 13.1. The number of rotatable bonds is 4. The number of hydrogen-bond donors (Lipinski definition) is 1. The van der Waals surface area contributed by atoms with E-state index in [1.165, 1.54) is 4.31 Å². The summed E-state index contributed by atoms with van der Waals surface area (Å²) in [7, 11) is -4.09. The lowest BCUT2D eigenvalue weighted by Crippen LogP contribution is -2.73. The molecule has 3 aliphatic heterocycles. The molecule has 200 valence electrons. The number of benzene rings is 1. The number of ketones is 1. The first-order chi connectivity index (χ1) is 17.3. The summed E-state index contributed by atoms with van der Waals surface area (Å²) in [4.78, 5) is 14.8. The Morgan fingerprint density at radius 3 is 2.46 bits per heavy atom. The number of carbonyl (C=O) groups is 1. The van der Waals surface area contributed by atoms with Crippen LogP contribution in [0.2, 0.25) is 0 Å². The van der Waals surface area contributed by atoms with Crippen molar-refractivity contribution in [1.82, 2.24) is 4.31 Å². The Kier molecular flexibility index (Phi) is 4.12. The van der Waals surface area contributed by atoms with Gasteiger partial charge in [0.1, 0.15) is 17.9 Å². The third-order valence-electron chi connectivity index (χ3n) is 10.6. The number of fused-ring (bicyclic) bond motifs is 2. The Morgan fingerprint density at radius 1 is 1.08 bits per heavy atom. The summed E-state index contributed by atoms with van der Waals surface area (Å²) in [6.07, 6.45) is -1.63. The minimum atomic E-state index is -4.09. The molecule has 1 N–H and O–H groups in total. The van der Waals surface area contributed by atoms with Crippen LogP contribution in [-0.4, -0.2) is 77.8 Å². The van der Waals surface area contributed by atoms with E-state index >= 15 is 0 Å². The van der Waals surface area contributed by atoms with Crippen LogP contribution in [0, 0.1) is 36.0 Å². The number of aliphatic hydroxyl groups excluding tert-OH is 1. The maximum atomic E-state index is 14.7. The minimum Gasteiger partial charge on any atom is -0.388 e. The van der Waals surface area contributed by atoms with Gasteiger partial charge in [0.25, 0.3) is 0 Å². The van der Waals surface area contributed by atoms with Crippen LogP contribution in [0.3, 0.4) is 0 Å². The van der Waals surface area contributed by atoms with Crippen molar-refractivity contribution >= 4 is 15.8 Å². The molecule has 10 heteroatoms. The van der Waals surface area contributed by atoms with Gasteiger partial charge in [0.15, 0.2) is 17.2 Å². The fraction of sp³-hybridized carbons (Fsp3) is 0.741. The van der Waals surface area contributed by atoms with Gasteiger partial charge in [0.2, 0.25) is 10.0 Å². The van der Waals surface area contributed by atoms with Crippen molar-refractivity contribution < 1.29 is 37.3 Å². The SMILES string of the molecule is Cc1ccc(S(=O)(=O)N2[C@@H](C(O)[C@]34OC(C)(C)O[C@H]3[C@@H]3O[C@H]5[C@@H]6C[C@@H]7[C@H]5[C@]7(C4=O)[C@@H]63)COC2(C)C)cc1. The van der Waals surface area contributed by atoms with Crippen molar-refractivity contribution in [2.75, 3.05) is 6.61 Å². The second kappa shape index (κ2) is 6.49. The van der Waals surface area contributed by atoms with Gasteiger partial charge in [0.05, 0.1) is 29.8 Å². The molecule has 3 heterocycles. The highest BCUT2D eigenvalue weighted by Crippen LogP contribution is 2.88. The molecule has 1 aromatic carbocycles. The number of aryl methyl sites for hydroxylation is 1. The van der Waals surface area contributed by atoms with Crippen molar-refractivity contribution in [1.29, 1.82) is 0 Å². The molecule has 37 heavy (non-hydrogen) atoms. The van der Waals surface area contributed by atoms with E-state index in [0.29, 0.717) is 5.92 Å². The number of nitrogens with zero attached hydrogens (tertiary/aromatic N) is 1. The molecule has 8 fully saturated rings. The van der Waals surface area contributed by atoms with Crippen LogP contribution < -0.4 is 0 Å². The van der Waals surface area contributed by atoms with E-state index < -0.39 is 50.8 Å². The molecule has 1 aromatic rings. The van der Waals surface area contributed by atoms with Gasteiger partial charge >= 0.3 is 0 Å². The minimum absolute atomic E-state index is 0.0785. The van der Waals surface area contributed by atoms with Gasteiger partial charge < -0.3 is 24.1 Å². The van der Waals surface area contributed by atoms with E-state index in [9.17, 15) is 18.3 Å². The molecule has 0 radical (unpaired) electrons. The zero-order chi connectivity index (χ0) is 26.1. The van der Waals surface area contributed by atoms with Gasteiger partial charge in [-0.05, 0) is 65.0 Å². The number of aliphatic hydroxyl groups is 1. The van der Waals surface area contributed by atoms with Crippen LogP contribution in [0.4, 0.5) is 0 Å². The molecular weight excluding hydrogens is 498 g/mol. The molecule has 0 amide bonds. The van der Waals surface area contributed by atoms with Crippen LogP contribution in [0.15, 0.2) is 29.2 Å². The lowest BCUT2D eigenvalue weighted by Gasteiger charge is -2.50. The molecule has 1 unspecified atom stereocenters. The quantitative estimate of drug-likeness (QED) is 0.624. The number of Topliss-reactive ketones (excluding diaryl/α,β-unsaturated/α-hetero) is 1. The second-order valence-corrected chi connectivity index (χ2v) is 14.9. The van der Waals surface area contributed by atoms with Crippen LogP contribution in [-0.2, 0) is 33.8 Å². The van der Waals surface area contributed by atoms with Crippen molar-refractivity contribution in [3.63, 3.8) is 0 Å². The monoisotopic (exact) mass is 531 g/mol. The van der Waals surface area contributed by atoms with Crippen LogP contribution in [0.25, 0.3) is 0 Å². The molecule has 6 bridgehead atoms. The Bertz CT molecular complexity index is 1340. The Hall–Kier alpha value is -1.40. The zero-order valence-electron chi connectivity index (χ0n) is 21.6. The number of sulfonamides is 1. The van der Waals surface area contributed by atoms with Crippen molar-refractivity contribution in [2.45, 2.75) is 93.5 Å².